The zero-order chi connectivity index (χ0) is 21.2. The lowest BCUT2D eigenvalue weighted by Gasteiger charge is -2.29. The van der Waals surface area contributed by atoms with E-state index in [4.69, 9.17) is 0 Å². The predicted molar refractivity (Wildman–Crippen MR) is 119 cm³/mol. The van der Waals surface area contributed by atoms with E-state index in [9.17, 15) is 4.79 Å². The van der Waals surface area contributed by atoms with Crippen LogP contribution in [0.5, 0.6) is 0 Å². The van der Waals surface area contributed by atoms with E-state index >= 15 is 0 Å². The van der Waals surface area contributed by atoms with Crippen LogP contribution in [0.4, 0.5) is 0 Å². The number of hydrogen-bond acceptors (Lipinski definition) is 4. The minimum atomic E-state index is 0.0895. The minimum absolute atomic E-state index is 0.0895. The van der Waals surface area contributed by atoms with Crippen LogP contribution in [0.1, 0.15) is 39.3 Å². The van der Waals surface area contributed by atoms with E-state index < -0.39 is 0 Å². The monoisotopic (exact) mass is 415 g/mol. The number of carbonyl (C=O) groups excluding carboxylic acids is 1. The molecule has 3 aromatic rings. The maximum absolute atomic E-state index is 13.1. The Morgan fingerprint density at radius 1 is 1.16 bits per heavy atom. The van der Waals surface area contributed by atoms with Crippen molar-refractivity contribution >= 4 is 5.91 Å². The Hall–Kier alpha value is -2.99. The van der Waals surface area contributed by atoms with E-state index in [0.717, 1.165) is 50.4 Å². The molecule has 1 saturated heterocycles. The Kier molecular flexibility index (Phi) is 5.55. The smallest absolute Gasteiger partial charge is 0.255 e. The van der Waals surface area contributed by atoms with Gasteiger partial charge in [-0.05, 0) is 54.5 Å². The van der Waals surface area contributed by atoms with Gasteiger partial charge < -0.3 is 9.47 Å². The molecule has 1 amide bonds. The largest absolute Gasteiger partial charge is 0.337 e. The lowest BCUT2D eigenvalue weighted by atomic mass is 9.97. The molecule has 6 nitrogen and oxygen atoms in total. The second-order valence-electron chi connectivity index (χ2n) is 8.88. The predicted octanol–water partition coefficient (Wildman–Crippen LogP) is 3.08. The first-order chi connectivity index (χ1) is 15.2. The summed E-state index contributed by atoms with van der Waals surface area (Å²) < 4.78 is 2.09. The van der Waals surface area contributed by atoms with Gasteiger partial charge in [0, 0.05) is 51.5 Å². The number of aryl methyl sites for hydroxylation is 1. The average Bonchev–Trinajstić information content (AvgIpc) is 3.42. The molecule has 31 heavy (non-hydrogen) atoms. The number of rotatable bonds is 5. The molecular weight excluding hydrogens is 386 g/mol. The normalized spacial score (nSPS) is 18.9. The van der Waals surface area contributed by atoms with Gasteiger partial charge in [0.2, 0.25) is 0 Å². The van der Waals surface area contributed by atoms with Gasteiger partial charge in [0.1, 0.15) is 5.82 Å². The molecule has 1 fully saturated rings. The van der Waals surface area contributed by atoms with Crippen molar-refractivity contribution in [2.24, 2.45) is 13.0 Å². The first kappa shape index (κ1) is 19.9. The van der Waals surface area contributed by atoms with Crippen molar-refractivity contribution in [1.82, 2.24) is 24.3 Å². The summed E-state index contributed by atoms with van der Waals surface area (Å²) in [4.78, 5) is 26.4. The molecule has 0 radical (unpaired) electrons. The molecule has 0 saturated carbocycles. The van der Waals surface area contributed by atoms with E-state index in [1.54, 1.807) is 6.20 Å². The lowest BCUT2D eigenvalue weighted by Crippen LogP contribution is -2.36. The van der Waals surface area contributed by atoms with Crippen molar-refractivity contribution in [3.63, 3.8) is 0 Å². The number of nitrogens with zero attached hydrogens (tertiary/aromatic N) is 5. The highest BCUT2D eigenvalue weighted by Crippen LogP contribution is 2.24. The van der Waals surface area contributed by atoms with Gasteiger partial charge in [-0.3, -0.25) is 14.7 Å². The Morgan fingerprint density at radius 2 is 2.03 bits per heavy atom. The third kappa shape index (κ3) is 4.39. The van der Waals surface area contributed by atoms with Gasteiger partial charge in [-0.2, -0.15) is 0 Å². The first-order valence-corrected chi connectivity index (χ1v) is 11.1. The molecule has 160 valence electrons. The van der Waals surface area contributed by atoms with Crippen molar-refractivity contribution in [2.45, 2.75) is 32.4 Å². The van der Waals surface area contributed by atoms with Crippen LogP contribution >= 0.6 is 0 Å². The van der Waals surface area contributed by atoms with Crippen LogP contribution < -0.4 is 0 Å². The fourth-order valence-electron chi connectivity index (χ4n) is 4.87. The lowest BCUT2D eigenvalue weighted by molar-refractivity contribution is 0.0734. The highest BCUT2D eigenvalue weighted by atomic mass is 16.2. The molecule has 0 aliphatic carbocycles. The van der Waals surface area contributed by atoms with Gasteiger partial charge in [0.25, 0.3) is 5.91 Å². The van der Waals surface area contributed by atoms with Crippen LogP contribution in [-0.2, 0) is 33.0 Å². The summed E-state index contributed by atoms with van der Waals surface area (Å²) in [6.07, 6.45) is 10.6. The second-order valence-corrected chi connectivity index (χ2v) is 8.88. The van der Waals surface area contributed by atoms with Crippen molar-refractivity contribution in [3.05, 3.63) is 83.2 Å². The molecule has 1 aromatic carbocycles. The number of likely N-dealkylation sites (tertiary alicyclic amines) is 1. The van der Waals surface area contributed by atoms with Crippen LogP contribution in [0.2, 0.25) is 0 Å². The first-order valence-electron chi connectivity index (χ1n) is 11.1. The van der Waals surface area contributed by atoms with Crippen molar-refractivity contribution in [1.29, 1.82) is 0 Å². The highest BCUT2D eigenvalue weighted by molar-refractivity contribution is 5.94. The molecule has 2 aliphatic rings. The number of amides is 1. The topological polar surface area (TPSA) is 54.3 Å². The number of carbonyl (C=O) groups is 1. The Bertz CT molecular complexity index is 1080. The van der Waals surface area contributed by atoms with E-state index in [1.807, 2.05) is 36.6 Å². The molecule has 0 bridgehead atoms. The maximum Gasteiger partial charge on any atom is 0.255 e. The van der Waals surface area contributed by atoms with Crippen LogP contribution in [-0.4, -0.2) is 49.9 Å². The number of aromatic nitrogens is 3. The number of fused-ring (bicyclic) bond motifs is 1. The van der Waals surface area contributed by atoms with Gasteiger partial charge in [-0.25, -0.2) is 4.98 Å². The SMILES string of the molecule is Cn1ccnc1CN1CCC(Cc2cncc(C(=O)N3CCc4ccccc4C3)c2)C1. The van der Waals surface area contributed by atoms with Gasteiger partial charge in [0.05, 0.1) is 12.1 Å². The summed E-state index contributed by atoms with van der Waals surface area (Å²) in [6, 6.07) is 10.5. The standard InChI is InChI=1S/C25H29N5O/c1-28-11-8-27-24(28)18-29-9-6-19(16-29)12-20-13-23(15-26-14-20)25(31)30-10-7-21-4-2-3-5-22(21)17-30/h2-5,8,11,13-15,19H,6-7,9-10,12,16-18H2,1H3. The molecule has 4 heterocycles. The van der Waals surface area contributed by atoms with Crippen molar-refractivity contribution in [3.8, 4) is 0 Å². The third-order valence-electron chi connectivity index (χ3n) is 6.64. The van der Waals surface area contributed by atoms with Crippen LogP contribution in [0.15, 0.2) is 55.1 Å². The fourth-order valence-corrected chi connectivity index (χ4v) is 4.87. The molecule has 6 heteroatoms. The average molecular weight is 416 g/mol. The highest BCUT2D eigenvalue weighted by Gasteiger charge is 2.25. The summed E-state index contributed by atoms with van der Waals surface area (Å²) in [6.45, 7) is 4.51. The van der Waals surface area contributed by atoms with E-state index in [0.29, 0.717) is 18.0 Å². The second kappa shape index (κ2) is 8.63. The number of imidazole rings is 1. The van der Waals surface area contributed by atoms with Crippen LogP contribution in [0.25, 0.3) is 0 Å². The number of benzene rings is 1. The van der Waals surface area contributed by atoms with Gasteiger partial charge in [0.15, 0.2) is 0 Å². The van der Waals surface area contributed by atoms with E-state index in [1.165, 1.54) is 17.5 Å². The third-order valence-corrected chi connectivity index (χ3v) is 6.64. The molecule has 2 aromatic heterocycles. The zero-order valence-corrected chi connectivity index (χ0v) is 18.1. The Balaban J connectivity index is 1.21. The van der Waals surface area contributed by atoms with Crippen molar-refractivity contribution in [2.75, 3.05) is 19.6 Å². The minimum Gasteiger partial charge on any atom is -0.337 e. The zero-order valence-electron chi connectivity index (χ0n) is 18.1. The van der Waals surface area contributed by atoms with Crippen LogP contribution in [0.3, 0.4) is 0 Å². The number of hydrogen-bond donors (Lipinski definition) is 0. The van der Waals surface area contributed by atoms with Crippen molar-refractivity contribution < 1.29 is 4.79 Å². The molecular formula is C25H29N5O. The summed E-state index contributed by atoms with van der Waals surface area (Å²) >= 11 is 0. The van der Waals surface area contributed by atoms with Gasteiger partial charge in [-0.1, -0.05) is 24.3 Å². The molecule has 0 spiro atoms. The van der Waals surface area contributed by atoms with Crippen LogP contribution in [0, 0.1) is 5.92 Å². The molecule has 2 aliphatic heterocycles. The Labute approximate surface area is 183 Å². The summed E-state index contributed by atoms with van der Waals surface area (Å²) in [5, 5.41) is 0. The maximum atomic E-state index is 13.1. The molecule has 1 unspecified atom stereocenters. The summed E-state index contributed by atoms with van der Waals surface area (Å²) in [5.74, 6) is 1.79. The fraction of sp³-hybridized carbons (Fsp3) is 0.400. The Morgan fingerprint density at radius 3 is 2.87 bits per heavy atom. The van der Waals surface area contributed by atoms with Gasteiger partial charge >= 0.3 is 0 Å². The summed E-state index contributed by atoms with van der Waals surface area (Å²) in [7, 11) is 2.05. The van der Waals surface area contributed by atoms with Gasteiger partial charge in [-0.15, -0.1) is 0 Å². The van der Waals surface area contributed by atoms with E-state index in [2.05, 4.69) is 43.7 Å². The van der Waals surface area contributed by atoms with E-state index in [-0.39, 0.29) is 5.91 Å². The number of pyridine rings is 1. The molecule has 1 atom stereocenters. The molecule has 5 rings (SSSR count). The quantitative estimate of drug-likeness (QED) is 0.643. The molecule has 0 N–H and O–H groups in total. The summed E-state index contributed by atoms with van der Waals surface area (Å²) in [5.41, 5.74) is 4.48.